The van der Waals surface area contributed by atoms with Crippen molar-refractivity contribution in [1.82, 2.24) is 4.98 Å². The van der Waals surface area contributed by atoms with Gasteiger partial charge in [0.25, 0.3) is 0 Å². The number of fused-ring (bicyclic) bond motifs is 1. The molecule has 3 rings (SSSR count). The third-order valence-corrected chi connectivity index (χ3v) is 4.33. The first-order valence-corrected chi connectivity index (χ1v) is 7.54. The Morgan fingerprint density at radius 3 is 3.15 bits per heavy atom. The average Bonchev–Trinajstić information content (AvgIpc) is 3.06. The number of carbonyl (C=O) groups is 1. The quantitative estimate of drug-likeness (QED) is 0.814. The summed E-state index contributed by atoms with van der Waals surface area (Å²) >= 11 is 1.48. The van der Waals surface area contributed by atoms with E-state index in [4.69, 9.17) is 4.74 Å². The molecule has 0 saturated heterocycles. The molecule has 0 atom stereocenters. The second-order valence-electron chi connectivity index (χ2n) is 4.77. The Balaban J connectivity index is 1.89. The molecule has 0 N–H and O–H groups in total. The lowest BCUT2D eigenvalue weighted by Crippen LogP contribution is -2.12. The standard InChI is InChI=1S/C15H16N2O2S/c1-3-19-15(18)12-9-20-14(16-12)11-4-5-13-10(8-11)6-7-17(13)2/h4-5,8-9H,3,6-7H2,1-2H3. The number of thiazole rings is 1. The van der Waals surface area contributed by atoms with Gasteiger partial charge in [-0.05, 0) is 37.1 Å². The maximum atomic E-state index is 11.6. The fourth-order valence-corrected chi connectivity index (χ4v) is 3.19. The van der Waals surface area contributed by atoms with Crippen molar-refractivity contribution < 1.29 is 9.53 Å². The van der Waals surface area contributed by atoms with Crippen LogP contribution in [0.1, 0.15) is 23.0 Å². The number of likely N-dealkylation sites (N-methyl/N-ethyl adjacent to an activating group) is 1. The van der Waals surface area contributed by atoms with Gasteiger partial charge in [-0.3, -0.25) is 0 Å². The van der Waals surface area contributed by atoms with Gasteiger partial charge in [-0.15, -0.1) is 11.3 Å². The molecule has 1 aliphatic rings. The number of ether oxygens (including phenoxy) is 1. The Labute approximate surface area is 122 Å². The smallest absolute Gasteiger partial charge is 0.357 e. The summed E-state index contributed by atoms with van der Waals surface area (Å²) in [7, 11) is 2.10. The van der Waals surface area contributed by atoms with Crippen molar-refractivity contribution in [2.75, 3.05) is 25.1 Å². The fraction of sp³-hybridized carbons (Fsp3) is 0.333. The van der Waals surface area contributed by atoms with E-state index in [1.807, 2.05) is 0 Å². The summed E-state index contributed by atoms with van der Waals surface area (Å²) < 4.78 is 4.96. The van der Waals surface area contributed by atoms with Crippen LogP contribution in [0.4, 0.5) is 5.69 Å². The first-order valence-electron chi connectivity index (χ1n) is 6.66. The van der Waals surface area contributed by atoms with Gasteiger partial charge in [-0.1, -0.05) is 0 Å². The Morgan fingerprint density at radius 2 is 2.35 bits per heavy atom. The van der Waals surface area contributed by atoms with Crippen LogP contribution in [0.15, 0.2) is 23.6 Å². The van der Waals surface area contributed by atoms with Crippen LogP contribution in [-0.2, 0) is 11.2 Å². The number of hydrogen-bond acceptors (Lipinski definition) is 5. The molecule has 0 amide bonds. The third kappa shape index (κ3) is 2.29. The van der Waals surface area contributed by atoms with Crippen molar-refractivity contribution in [2.45, 2.75) is 13.3 Å². The summed E-state index contributed by atoms with van der Waals surface area (Å²) in [6, 6.07) is 6.37. The van der Waals surface area contributed by atoms with E-state index in [0.29, 0.717) is 12.3 Å². The zero-order valence-corrected chi connectivity index (χ0v) is 12.4. The lowest BCUT2D eigenvalue weighted by molar-refractivity contribution is 0.0520. The molecule has 1 aromatic heterocycles. The van der Waals surface area contributed by atoms with Gasteiger partial charge in [-0.2, -0.15) is 0 Å². The highest BCUT2D eigenvalue weighted by molar-refractivity contribution is 7.13. The molecule has 104 valence electrons. The molecule has 5 heteroatoms. The number of benzene rings is 1. The van der Waals surface area contributed by atoms with E-state index in [9.17, 15) is 4.79 Å². The molecule has 0 bridgehead atoms. The van der Waals surface area contributed by atoms with Gasteiger partial charge in [0.05, 0.1) is 6.61 Å². The highest BCUT2D eigenvalue weighted by Gasteiger charge is 2.18. The van der Waals surface area contributed by atoms with E-state index in [1.165, 1.54) is 22.6 Å². The van der Waals surface area contributed by atoms with Gasteiger partial charge in [0, 0.05) is 30.2 Å². The van der Waals surface area contributed by atoms with Crippen LogP contribution in [-0.4, -0.2) is 31.2 Å². The van der Waals surface area contributed by atoms with Crippen molar-refractivity contribution in [2.24, 2.45) is 0 Å². The van der Waals surface area contributed by atoms with E-state index in [2.05, 4.69) is 35.1 Å². The monoisotopic (exact) mass is 288 g/mol. The molecule has 20 heavy (non-hydrogen) atoms. The van der Waals surface area contributed by atoms with E-state index < -0.39 is 0 Å². The molecule has 0 saturated carbocycles. The van der Waals surface area contributed by atoms with E-state index in [0.717, 1.165) is 23.5 Å². The zero-order valence-electron chi connectivity index (χ0n) is 11.5. The number of esters is 1. The van der Waals surface area contributed by atoms with Crippen LogP contribution >= 0.6 is 11.3 Å². The summed E-state index contributed by atoms with van der Waals surface area (Å²) in [5.74, 6) is -0.351. The van der Waals surface area contributed by atoms with Crippen LogP contribution in [0.25, 0.3) is 10.6 Å². The van der Waals surface area contributed by atoms with Gasteiger partial charge < -0.3 is 9.64 Å². The number of carbonyl (C=O) groups excluding carboxylic acids is 1. The molecule has 0 aliphatic carbocycles. The molecule has 1 aliphatic heterocycles. The molecule has 0 unspecified atom stereocenters. The van der Waals surface area contributed by atoms with Crippen LogP contribution in [0.5, 0.6) is 0 Å². The normalized spacial score (nSPS) is 13.4. The van der Waals surface area contributed by atoms with Gasteiger partial charge in [0.15, 0.2) is 5.69 Å². The predicted octanol–water partition coefficient (Wildman–Crippen LogP) is 2.98. The van der Waals surface area contributed by atoms with Crippen LogP contribution in [0.2, 0.25) is 0 Å². The molecule has 4 nitrogen and oxygen atoms in total. The van der Waals surface area contributed by atoms with Gasteiger partial charge in [0.1, 0.15) is 5.01 Å². The highest BCUT2D eigenvalue weighted by Crippen LogP contribution is 2.32. The summed E-state index contributed by atoms with van der Waals surface area (Å²) in [6.45, 7) is 3.23. The summed E-state index contributed by atoms with van der Waals surface area (Å²) in [5, 5.41) is 2.62. The zero-order chi connectivity index (χ0) is 14.1. The first-order chi connectivity index (χ1) is 9.69. The van der Waals surface area contributed by atoms with E-state index >= 15 is 0 Å². The van der Waals surface area contributed by atoms with Crippen LogP contribution in [0.3, 0.4) is 0 Å². The molecule has 0 radical (unpaired) electrons. The second kappa shape index (κ2) is 5.25. The Kier molecular flexibility index (Phi) is 3.44. The van der Waals surface area contributed by atoms with Crippen molar-refractivity contribution in [3.05, 3.63) is 34.8 Å². The molecule has 2 heterocycles. The van der Waals surface area contributed by atoms with Crippen molar-refractivity contribution in [3.8, 4) is 10.6 Å². The SMILES string of the molecule is CCOC(=O)c1csc(-c2ccc3c(c2)CCN3C)n1. The van der Waals surface area contributed by atoms with E-state index in [1.54, 1.807) is 12.3 Å². The largest absolute Gasteiger partial charge is 0.461 e. The molecular formula is C15H16N2O2S. The second-order valence-corrected chi connectivity index (χ2v) is 5.63. The first kappa shape index (κ1) is 13.1. The predicted molar refractivity (Wildman–Crippen MR) is 80.5 cm³/mol. The molecule has 2 aromatic rings. The summed E-state index contributed by atoms with van der Waals surface area (Å²) in [4.78, 5) is 18.3. The minimum Gasteiger partial charge on any atom is -0.461 e. The maximum Gasteiger partial charge on any atom is 0.357 e. The highest BCUT2D eigenvalue weighted by atomic mass is 32.1. The number of anilines is 1. The number of nitrogens with zero attached hydrogens (tertiary/aromatic N) is 2. The maximum absolute atomic E-state index is 11.6. The third-order valence-electron chi connectivity index (χ3n) is 3.44. The molecule has 0 fully saturated rings. The topological polar surface area (TPSA) is 42.4 Å². The van der Waals surface area contributed by atoms with Crippen molar-refractivity contribution in [1.29, 1.82) is 0 Å². The Bertz CT molecular complexity index is 651. The number of aromatic nitrogens is 1. The minimum atomic E-state index is -0.351. The van der Waals surface area contributed by atoms with E-state index in [-0.39, 0.29) is 5.97 Å². The van der Waals surface area contributed by atoms with Crippen molar-refractivity contribution in [3.63, 3.8) is 0 Å². The molecule has 1 aromatic carbocycles. The van der Waals surface area contributed by atoms with Gasteiger partial charge in [0.2, 0.25) is 0 Å². The average molecular weight is 288 g/mol. The fourth-order valence-electron chi connectivity index (χ4n) is 2.40. The summed E-state index contributed by atoms with van der Waals surface area (Å²) in [5.41, 5.74) is 4.10. The van der Waals surface area contributed by atoms with Crippen LogP contribution in [0, 0.1) is 0 Å². The minimum absolute atomic E-state index is 0.351. The van der Waals surface area contributed by atoms with Crippen molar-refractivity contribution >= 4 is 23.0 Å². The Morgan fingerprint density at radius 1 is 1.50 bits per heavy atom. The summed E-state index contributed by atoms with van der Waals surface area (Å²) in [6.07, 6.45) is 1.07. The van der Waals surface area contributed by atoms with Gasteiger partial charge >= 0.3 is 5.97 Å². The Hall–Kier alpha value is -1.88. The lowest BCUT2D eigenvalue weighted by atomic mass is 10.1. The molecule has 0 spiro atoms. The number of hydrogen-bond donors (Lipinski definition) is 0. The van der Waals surface area contributed by atoms with Crippen LogP contribution < -0.4 is 4.90 Å². The lowest BCUT2D eigenvalue weighted by Gasteiger charge is -2.11. The number of rotatable bonds is 3. The molecular weight excluding hydrogens is 272 g/mol. The van der Waals surface area contributed by atoms with Gasteiger partial charge in [-0.25, -0.2) is 9.78 Å².